The lowest BCUT2D eigenvalue weighted by molar-refractivity contribution is -0.146. The summed E-state index contributed by atoms with van der Waals surface area (Å²) in [6, 6.07) is 6.95. The van der Waals surface area contributed by atoms with Gasteiger partial charge in [-0.15, -0.1) is 15.3 Å². The molecule has 0 aliphatic carbocycles. The highest BCUT2D eigenvalue weighted by Crippen LogP contribution is 2.28. The lowest BCUT2D eigenvalue weighted by Gasteiger charge is -2.34. The second-order valence-corrected chi connectivity index (χ2v) is 5.83. The maximum Gasteiger partial charge on any atom is 0.453 e. The molecule has 0 unspecified atom stereocenters. The molecule has 10 heteroatoms. The minimum absolute atomic E-state index is 0.0764. The summed E-state index contributed by atoms with van der Waals surface area (Å²) >= 11 is 0. The molecule has 3 aromatic heterocycles. The van der Waals surface area contributed by atoms with E-state index in [0.29, 0.717) is 18.9 Å². The zero-order valence-corrected chi connectivity index (χ0v) is 13.1. The first-order valence-electron chi connectivity index (χ1n) is 7.80. The van der Waals surface area contributed by atoms with Crippen LogP contribution < -0.4 is 4.90 Å². The highest BCUT2D eigenvalue weighted by molar-refractivity contribution is 5.46. The van der Waals surface area contributed by atoms with Crippen LogP contribution in [0.2, 0.25) is 0 Å². The van der Waals surface area contributed by atoms with Crippen LogP contribution in [0.5, 0.6) is 0 Å². The lowest BCUT2D eigenvalue weighted by Crippen LogP contribution is -2.46. The second-order valence-electron chi connectivity index (χ2n) is 5.83. The fourth-order valence-corrected chi connectivity index (χ4v) is 2.88. The van der Waals surface area contributed by atoms with Crippen molar-refractivity contribution in [1.82, 2.24) is 24.7 Å². The third-order valence-corrected chi connectivity index (χ3v) is 4.16. The average molecular weight is 352 g/mol. The van der Waals surface area contributed by atoms with Crippen LogP contribution in [-0.4, -0.2) is 50.9 Å². The van der Waals surface area contributed by atoms with Crippen molar-refractivity contribution in [2.24, 2.45) is 0 Å². The zero-order chi connectivity index (χ0) is 17.4. The predicted octanol–water partition coefficient (Wildman–Crippen LogP) is 2.06. The summed E-state index contributed by atoms with van der Waals surface area (Å²) < 4.78 is 45.0. The Kier molecular flexibility index (Phi) is 3.83. The Morgan fingerprint density at radius 3 is 2.52 bits per heavy atom. The fraction of sp³-hybridized carbons (Fsp3) is 0.400. The van der Waals surface area contributed by atoms with Crippen LogP contribution >= 0.6 is 0 Å². The van der Waals surface area contributed by atoms with Crippen LogP contribution in [0.1, 0.15) is 11.6 Å². The van der Waals surface area contributed by atoms with Crippen molar-refractivity contribution in [3.05, 3.63) is 42.1 Å². The van der Waals surface area contributed by atoms with Gasteiger partial charge in [-0.1, -0.05) is 0 Å². The van der Waals surface area contributed by atoms with Gasteiger partial charge in [0.2, 0.25) is 0 Å². The lowest BCUT2D eigenvalue weighted by atomic mass is 10.3. The van der Waals surface area contributed by atoms with E-state index in [2.05, 4.69) is 20.2 Å². The molecule has 3 aromatic rings. The van der Waals surface area contributed by atoms with Gasteiger partial charge in [0.15, 0.2) is 5.65 Å². The number of halogens is 3. The number of anilines is 1. The van der Waals surface area contributed by atoms with Gasteiger partial charge < -0.3 is 9.32 Å². The first kappa shape index (κ1) is 15.9. The molecule has 4 heterocycles. The van der Waals surface area contributed by atoms with Gasteiger partial charge in [0.05, 0.1) is 12.8 Å². The number of fused-ring (bicyclic) bond motifs is 1. The van der Waals surface area contributed by atoms with Gasteiger partial charge in [0.1, 0.15) is 11.6 Å². The van der Waals surface area contributed by atoms with Crippen molar-refractivity contribution >= 4 is 11.5 Å². The smallest absolute Gasteiger partial charge is 0.453 e. The van der Waals surface area contributed by atoms with Crippen LogP contribution in [0, 0.1) is 0 Å². The minimum atomic E-state index is -4.59. The van der Waals surface area contributed by atoms with Crippen LogP contribution in [0.4, 0.5) is 19.0 Å². The summed E-state index contributed by atoms with van der Waals surface area (Å²) in [6.07, 6.45) is -2.95. The molecule has 0 atom stereocenters. The summed E-state index contributed by atoms with van der Waals surface area (Å²) in [5.41, 5.74) is 0.0764. The van der Waals surface area contributed by atoms with E-state index < -0.39 is 12.0 Å². The predicted molar refractivity (Wildman–Crippen MR) is 82.0 cm³/mol. The molecule has 7 nitrogen and oxygen atoms in total. The molecule has 4 rings (SSSR count). The quantitative estimate of drug-likeness (QED) is 0.719. The summed E-state index contributed by atoms with van der Waals surface area (Å²) in [7, 11) is 0. The van der Waals surface area contributed by atoms with Crippen molar-refractivity contribution < 1.29 is 17.6 Å². The van der Waals surface area contributed by atoms with E-state index in [-0.39, 0.29) is 5.65 Å². The van der Waals surface area contributed by atoms with Crippen molar-refractivity contribution in [1.29, 1.82) is 0 Å². The van der Waals surface area contributed by atoms with E-state index in [0.717, 1.165) is 29.9 Å². The minimum Gasteiger partial charge on any atom is -0.468 e. The summed E-state index contributed by atoms with van der Waals surface area (Å²) in [5.74, 6) is 0.267. The Bertz CT molecular complexity index is 852. The monoisotopic (exact) mass is 352 g/mol. The van der Waals surface area contributed by atoms with Gasteiger partial charge in [-0.3, -0.25) is 4.90 Å². The molecule has 0 N–H and O–H groups in total. The molecule has 1 saturated heterocycles. The molecule has 0 saturated carbocycles. The van der Waals surface area contributed by atoms with Crippen LogP contribution in [-0.2, 0) is 12.7 Å². The van der Waals surface area contributed by atoms with Crippen molar-refractivity contribution in [3.8, 4) is 0 Å². The average Bonchev–Trinajstić information content (AvgIpc) is 3.23. The van der Waals surface area contributed by atoms with E-state index >= 15 is 0 Å². The van der Waals surface area contributed by atoms with E-state index in [9.17, 15) is 13.2 Å². The topological polar surface area (TPSA) is 62.7 Å². The molecular formula is C15H15F3N6O. The first-order chi connectivity index (χ1) is 12.0. The molecule has 0 spiro atoms. The van der Waals surface area contributed by atoms with Gasteiger partial charge >= 0.3 is 6.18 Å². The van der Waals surface area contributed by atoms with E-state index in [4.69, 9.17) is 4.42 Å². The number of piperazine rings is 1. The normalized spacial score (nSPS) is 16.7. The first-order valence-corrected chi connectivity index (χ1v) is 7.80. The van der Waals surface area contributed by atoms with Gasteiger partial charge in [-0.2, -0.15) is 17.7 Å². The second kappa shape index (κ2) is 6.03. The van der Waals surface area contributed by atoms with Crippen molar-refractivity contribution in [2.45, 2.75) is 12.7 Å². The Morgan fingerprint density at radius 1 is 1.04 bits per heavy atom. The molecule has 0 aromatic carbocycles. The molecule has 1 aliphatic heterocycles. The van der Waals surface area contributed by atoms with E-state index in [1.54, 1.807) is 12.3 Å². The van der Waals surface area contributed by atoms with E-state index in [1.165, 1.54) is 6.07 Å². The largest absolute Gasteiger partial charge is 0.468 e. The molecule has 1 aliphatic rings. The number of hydrogen-bond donors (Lipinski definition) is 0. The highest BCUT2D eigenvalue weighted by atomic mass is 19.4. The summed E-state index contributed by atoms with van der Waals surface area (Å²) in [5, 5.41) is 10.8. The molecule has 1 fully saturated rings. The highest BCUT2D eigenvalue weighted by Gasteiger charge is 2.37. The maximum absolute atomic E-state index is 13.0. The molecule has 0 radical (unpaired) electrons. The van der Waals surface area contributed by atoms with Gasteiger partial charge in [0.25, 0.3) is 5.82 Å². The van der Waals surface area contributed by atoms with Gasteiger partial charge in [-0.25, -0.2) is 0 Å². The third kappa shape index (κ3) is 3.16. The number of hydrogen-bond acceptors (Lipinski definition) is 6. The molecular weight excluding hydrogens is 337 g/mol. The van der Waals surface area contributed by atoms with Crippen LogP contribution in [0.15, 0.2) is 34.9 Å². The van der Waals surface area contributed by atoms with Gasteiger partial charge in [0, 0.05) is 26.2 Å². The number of rotatable bonds is 3. The molecule has 0 amide bonds. The maximum atomic E-state index is 13.0. The van der Waals surface area contributed by atoms with E-state index in [1.807, 2.05) is 17.0 Å². The number of furan rings is 1. The standard InChI is InChI=1S/C15H15F3N6O/c16-15(17,18)14-20-19-12-3-4-13(21-24(12)14)23-7-5-22(6-8-23)10-11-2-1-9-25-11/h1-4,9H,5-8,10H2. The Balaban J connectivity index is 1.49. The Labute approximate surface area is 140 Å². The summed E-state index contributed by atoms with van der Waals surface area (Å²) in [6.45, 7) is 3.60. The Morgan fingerprint density at radius 2 is 1.84 bits per heavy atom. The number of nitrogens with zero attached hydrogens (tertiary/aromatic N) is 6. The fourth-order valence-electron chi connectivity index (χ4n) is 2.88. The Hall–Kier alpha value is -2.62. The van der Waals surface area contributed by atoms with Crippen LogP contribution in [0.3, 0.4) is 0 Å². The third-order valence-electron chi connectivity index (χ3n) is 4.16. The van der Waals surface area contributed by atoms with Crippen molar-refractivity contribution in [2.75, 3.05) is 31.1 Å². The molecule has 25 heavy (non-hydrogen) atoms. The molecule has 0 bridgehead atoms. The SMILES string of the molecule is FC(F)(F)c1nnc2ccc(N3CCN(Cc4ccco4)CC3)nn12. The number of aromatic nitrogens is 4. The zero-order valence-electron chi connectivity index (χ0n) is 13.1. The van der Waals surface area contributed by atoms with Crippen molar-refractivity contribution in [3.63, 3.8) is 0 Å². The van der Waals surface area contributed by atoms with Crippen LogP contribution in [0.25, 0.3) is 5.65 Å². The number of alkyl halides is 3. The molecule has 132 valence electrons. The summed E-state index contributed by atoms with van der Waals surface area (Å²) in [4.78, 5) is 4.19. The van der Waals surface area contributed by atoms with Gasteiger partial charge in [-0.05, 0) is 24.3 Å².